The summed E-state index contributed by atoms with van der Waals surface area (Å²) in [6.07, 6.45) is 8.60. The Bertz CT molecular complexity index is 1230. The van der Waals surface area contributed by atoms with E-state index in [2.05, 4.69) is 81.9 Å². The van der Waals surface area contributed by atoms with Gasteiger partial charge in [0.25, 0.3) is 0 Å². The average molecular weight is 417 g/mol. The van der Waals surface area contributed by atoms with Crippen LogP contribution in [0.4, 0.5) is 0 Å². The van der Waals surface area contributed by atoms with E-state index in [0.717, 1.165) is 29.9 Å². The maximum Gasteiger partial charge on any atom is 0.0659 e. The Kier molecular flexibility index (Phi) is 5.84. The minimum absolute atomic E-state index is 0.0814. The van der Waals surface area contributed by atoms with Crippen molar-refractivity contribution in [2.24, 2.45) is 0 Å². The largest absolute Gasteiger partial charge is 0.268 e. The number of rotatable bonds is 7. The Morgan fingerprint density at radius 1 is 0.688 bits per heavy atom. The van der Waals surface area contributed by atoms with Crippen molar-refractivity contribution >= 4 is 0 Å². The maximum absolute atomic E-state index is 4.65. The third-order valence-electron chi connectivity index (χ3n) is 5.66. The third kappa shape index (κ3) is 4.49. The van der Waals surface area contributed by atoms with Crippen LogP contribution in [0.2, 0.25) is 0 Å². The second-order valence-electron chi connectivity index (χ2n) is 7.84. The minimum Gasteiger partial charge on any atom is -0.268 e. The molecule has 0 N–H and O–H groups in total. The van der Waals surface area contributed by atoms with Gasteiger partial charge in [-0.1, -0.05) is 66.7 Å². The van der Waals surface area contributed by atoms with Crippen molar-refractivity contribution in [3.63, 3.8) is 0 Å². The van der Waals surface area contributed by atoms with E-state index >= 15 is 0 Å². The zero-order valence-electron chi connectivity index (χ0n) is 17.8. The smallest absolute Gasteiger partial charge is 0.0659 e. The molecular formula is C28H24N4. The first-order chi connectivity index (χ1) is 15.9. The van der Waals surface area contributed by atoms with Crippen molar-refractivity contribution < 1.29 is 0 Å². The van der Waals surface area contributed by atoms with Crippen LogP contribution >= 0.6 is 0 Å². The van der Waals surface area contributed by atoms with Crippen LogP contribution in [0.3, 0.4) is 0 Å². The van der Waals surface area contributed by atoms with Crippen molar-refractivity contribution in [1.82, 2.24) is 19.7 Å². The lowest BCUT2D eigenvalue weighted by molar-refractivity contribution is 0.687. The molecule has 2 aromatic carbocycles. The van der Waals surface area contributed by atoms with Gasteiger partial charge in [0.1, 0.15) is 0 Å². The Hall–Kier alpha value is -4.05. The summed E-state index contributed by atoms with van der Waals surface area (Å²) in [7, 11) is 0. The number of hydrogen-bond donors (Lipinski definition) is 0. The molecule has 3 aromatic heterocycles. The van der Waals surface area contributed by atoms with Gasteiger partial charge in [0.15, 0.2) is 0 Å². The summed E-state index contributed by atoms with van der Waals surface area (Å²) >= 11 is 0. The average Bonchev–Trinajstić information content (AvgIpc) is 3.33. The molecule has 0 bridgehead atoms. The molecule has 4 nitrogen and oxygen atoms in total. The van der Waals surface area contributed by atoms with E-state index in [9.17, 15) is 0 Å². The Balaban J connectivity index is 1.47. The molecule has 0 fully saturated rings. The molecule has 0 aliphatic carbocycles. The number of hydrogen-bond acceptors (Lipinski definition) is 3. The van der Waals surface area contributed by atoms with Crippen LogP contribution in [0, 0.1) is 0 Å². The zero-order valence-corrected chi connectivity index (χ0v) is 17.8. The van der Waals surface area contributed by atoms with Gasteiger partial charge in [0.05, 0.1) is 12.7 Å². The fourth-order valence-corrected chi connectivity index (χ4v) is 4.08. The fourth-order valence-electron chi connectivity index (χ4n) is 4.08. The summed E-state index contributed by atoms with van der Waals surface area (Å²) in [6.45, 7) is 0.757. The highest BCUT2D eigenvalue weighted by Gasteiger charge is 2.19. The second kappa shape index (κ2) is 9.40. The van der Waals surface area contributed by atoms with Crippen LogP contribution in [-0.4, -0.2) is 19.7 Å². The van der Waals surface area contributed by atoms with E-state index in [1.165, 1.54) is 16.7 Å². The van der Waals surface area contributed by atoms with E-state index in [4.69, 9.17) is 0 Å². The lowest BCUT2D eigenvalue weighted by Crippen LogP contribution is -2.09. The first kappa shape index (κ1) is 19.9. The predicted octanol–water partition coefficient (Wildman–Crippen LogP) is 5.76. The first-order valence-electron chi connectivity index (χ1n) is 10.8. The topological polar surface area (TPSA) is 43.6 Å². The Morgan fingerprint density at radius 3 is 2.03 bits per heavy atom. The van der Waals surface area contributed by atoms with Gasteiger partial charge in [-0.15, -0.1) is 0 Å². The minimum atomic E-state index is 0.0814. The quantitative estimate of drug-likeness (QED) is 0.339. The first-order valence-corrected chi connectivity index (χ1v) is 10.8. The molecule has 0 radical (unpaired) electrons. The van der Waals surface area contributed by atoms with Gasteiger partial charge in [-0.2, -0.15) is 5.10 Å². The standard InChI is InChI=1S/C28H24N4/c1-2-10-22(11-3-1)20-32-21-24(19-31-32)25-13-5-4-12-23(25)18-26(27-14-6-8-16-29-27)28-15-7-9-17-30-28/h1-17,19,21,26H,18,20H2. The number of aromatic nitrogens is 4. The molecule has 5 rings (SSSR count). The summed E-state index contributed by atoms with van der Waals surface area (Å²) in [5.74, 6) is 0.0814. The maximum atomic E-state index is 4.65. The molecule has 5 aromatic rings. The molecule has 0 saturated heterocycles. The van der Waals surface area contributed by atoms with Gasteiger partial charge in [-0.25, -0.2) is 0 Å². The van der Waals surface area contributed by atoms with Gasteiger partial charge in [0.2, 0.25) is 0 Å². The lowest BCUT2D eigenvalue weighted by Gasteiger charge is -2.18. The van der Waals surface area contributed by atoms with E-state index in [1.54, 1.807) is 0 Å². The molecule has 0 atom stereocenters. The van der Waals surface area contributed by atoms with Crippen molar-refractivity contribution in [1.29, 1.82) is 0 Å². The molecule has 0 aliphatic rings. The van der Waals surface area contributed by atoms with Gasteiger partial charge in [-0.05, 0) is 47.4 Å². The van der Waals surface area contributed by atoms with Crippen LogP contribution < -0.4 is 0 Å². The molecule has 0 aliphatic heterocycles. The van der Waals surface area contributed by atoms with E-state index in [1.807, 2.05) is 53.6 Å². The SMILES string of the molecule is c1ccc(Cn2cc(-c3ccccc3CC(c3ccccn3)c3ccccn3)cn2)cc1. The molecule has 4 heteroatoms. The fraction of sp³-hybridized carbons (Fsp3) is 0.107. The molecular weight excluding hydrogens is 392 g/mol. The highest BCUT2D eigenvalue weighted by atomic mass is 15.3. The summed E-state index contributed by atoms with van der Waals surface area (Å²) < 4.78 is 2.00. The van der Waals surface area contributed by atoms with Crippen LogP contribution in [-0.2, 0) is 13.0 Å². The lowest BCUT2D eigenvalue weighted by atomic mass is 9.89. The predicted molar refractivity (Wildman–Crippen MR) is 127 cm³/mol. The van der Waals surface area contributed by atoms with Gasteiger partial charge < -0.3 is 0 Å². The van der Waals surface area contributed by atoms with Crippen molar-refractivity contribution in [2.75, 3.05) is 0 Å². The molecule has 0 spiro atoms. The molecule has 0 unspecified atom stereocenters. The third-order valence-corrected chi connectivity index (χ3v) is 5.66. The number of pyridine rings is 2. The van der Waals surface area contributed by atoms with Gasteiger partial charge in [-0.3, -0.25) is 14.6 Å². The second-order valence-corrected chi connectivity index (χ2v) is 7.84. The van der Waals surface area contributed by atoms with Crippen LogP contribution in [0.25, 0.3) is 11.1 Å². The van der Waals surface area contributed by atoms with Crippen LogP contribution in [0.5, 0.6) is 0 Å². The molecule has 3 heterocycles. The van der Waals surface area contributed by atoms with Gasteiger partial charge >= 0.3 is 0 Å². The van der Waals surface area contributed by atoms with Crippen molar-refractivity contribution in [3.05, 3.63) is 138 Å². The number of benzene rings is 2. The van der Waals surface area contributed by atoms with Gasteiger partial charge in [0, 0.05) is 41.5 Å². The molecule has 156 valence electrons. The Morgan fingerprint density at radius 2 is 1.34 bits per heavy atom. The van der Waals surface area contributed by atoms with E-state index in [-0.39, 0.29) is 5.92 Å². The normalized spacial score (nSPS) is 11.0. The van der Waals surface area contributed by atoms with Crippen LogP contribution in [0.15, 0.2) is 116 Å². The van der Waals surface area contributed by atoms with E-state index in [0.29, 0.717) is 0 Å². The summed E-state index contributed by atoms with van der Waals surface area (Å²) in [5, 5.41) is 4.62. The summed E-state index contributed by atoms with van der Waals surface area (Å²) in [5.41, 5.74) is 6.87. The molecule has 0 saturated carbocycles. The van der Waals surface area contributed by atoms with Crippen molar-refractivity contribution in [2.45, 2.75) is 18.9 Å². The summed E-state index contributed by atoms with van der Waals surface area (Å²) in [6, 6.07) is 31.1. The zero-order chi connectivity index (χ0) is 21.6. The highest BCUT2D eigenvalue weighted by molar-refractivity contribution is 5.66. The Labute approximate surface area is 188 Å². The molecule has 32 heavy (non-hydrogen) atoms. The summed E-state index contributed by atoms with van der Waals surface area (Å²) in [4.78, 5) is 9.30. The highest BCUT2D eigenvalue weighted by Crippen LogP contribution is 2.31. The van der Waals surface area contributed by atoms with E-state index < -0.39 is 0 Å². The van der Waals surface area contributed by atoms with Crippen LogP contribution in [0.1, 0.15) is 28.4 Å². The van der Waals surface area contributed by atoms with Crippen molar-refractivity contribution in [3.8, 4) is 11.1 Å². The monoisotopic (exact) mass is 416 g/mol. The number of nitrogens with zero attached hydrogens (tertiary/aromatic N) is 4. The molecule has 0 amide bonds.